The minimum atomic E-state index is -0.634. The van der Waals surface area contributed by atoms with E-state index in [9.17, 15) is 5.11 Å². The van der Waals surface area contributed by atoms with E-state index in [1.165, 1.54) is 12.3 Å². The molecular weight excluding hydrogens is 573 g/mol. The third-order valence-corrected chi connectivity index (χ3v) is 7.83. The number of likely N-dealkylation sites (tertiary alicyclic amines) is 1. The van der Waals surface area contributed by atoms with E-state index >= 15 is 4.39 Å². The van der Waals surface area contributed by atoms with Gasteiger partial charge in [0.05, 0.1) is 17.9 Å². The summed E-state index contributed by atoms with van der Waals surface area (Å²) in [4.78, 5) is 19.5. The van der Waals surface area contributed by atoms with Gasteiger partial charge in [-0.1, -0.05) is 11.6 Å². The van der Waals surface area contributed by atoms with Crippen LogP contribution in [0.2, 0.25) is 5.15 Å². The zero-order chi connectivity index (χ0) is 30.7. The Balaban J connectivity index is 1.25. The van der Waals surface area contributed by atoms with E-state index in [0.717, 1.165) is 24.3 Å². The van der Waals surface area contributed by atoms with Crippen molar-refractivity contribution in [1.82, 2.24) is 34.6 Å². The molecule has 0 spiro atoms. The molecule has 0 amide bonds. The van der Waals surface area contributed by atoms with E-state index in [2.05, 4.69) is 35.3 Å². The van der Waals surface area contributed by atoms with Crippen molar-refractivity contribution >= 4 is 23.1 Å². The third-order valence-electron chi connectivity index (χ3n) is 7.62. The average Bonchev–Trinajstić information content (AvgIpc) is 3.23. The molecule has 0 saturated carbocycles. The molecule has 11 nitrogen and oxygen atoms in total. The van der Waals surface area contributed by atoms with Gasteiger partial charge >= 0.3 is 0 Å². The second-order valence-corrected chi connectivity index (χ2v) is 11.8. The van der Waals surface area contributed by atoms with E-state index in [4.69, 9.17) is 22.1 Å². The standard InChI is InChI=1S/C30H37ClFN9O2/c1-18(6-12-43-29-26(19(2)39-40(29)4)28-34-9-5-25(33)38-28)37-23-14-24(31)35-16-21(23)27-22(32)13-20(15-36-27)17-41-10-7-30(3,42)8-11-41/h5,9,13-16,18,42H,6-8,10-12,17H2,1-4H3,(H,35,37)(H2,33,34,38)/t18-/m0/s1. The van der Waals surface area contributed by atoms with Crippen molar-refractivity contribution in [3.05, 3.63) is 59.0 Å². The van der Waals surface area contributed by atoms with Crippen LogP contribution >= 0.6 is 11.6 Å². The normalized spacial score (nSPS) is 15.8. The Bertz CT molecular complexity index is 1590. The van der Waals surface area contributed by atoms with Gasteiger partial charge in [0.25, 0.3) is 0 Å². The van der Waals surface area contributed by atoms with E-state index < -0.39 is 11.4 Å². The molecule has 228 valence electrons. The van der Waals surface area contributed by atoms with Crippen LogP contribution in [-0.2, 0) is 13.6 Å². The molecule has 4 aromatic rings. The van der Waals surface area contributed by atoms with Gasteiger partial charge in [-0.3, -0.25) is 9.88 Å². The van der Waals surface area contributed by atoms with Crippen molar-refractivity contribution in [3.63, 3.8) is 0 Å². The Hall–Kier alpha value is -3.87. The van der Waals surface area contributed by atoms with Gasteiger partial charge in [0, 0.05) is 69.0 Å². The number of ether oxygens (including phenoxy) is 1. The van der Waals surface area contributed by atoms with Gasteiger partial charge in [0.15, 0.2) is 5.82 Å². The lowest BCUT2D eigenvalue weighted by Crippen LogP contribution is -2.41. The Morgan fingerprint density at radius 1 is 1.21 bits per heavy atom. The number of hydrogen-bond acceptors (Lipinski definition) is 10. The molecule has 5 rings (SSSR count). The number of aliphatic hydroxyl groups is 1. The summed E-state index contributed by atoms with van der Waals surface area (Å²) in [6.07, 6.45) is 6.81. The minimum Gasteiger partial charge on any atom is -0.477 e. The van der Waals surface area contributed by atoms with E-state index in [-0.39, 0.29) is 16.9 Å². The maximum atomic E-state index is 15.4. The summed E-state index contributed by atoms with van der Waals surface area (Å²) < 4.78 is 23.2. The number of hydrogen-bond donors (Lipinski definition) is 3. The highest BCUT2D eigenvalue weighted by Gasteiger charge is 2.27. The molecule has 1 fully saturated rings. The van der Waals surface area contributed by atoms with Gasteiger partial charge in [-0.15, -0.1) is 0 Å². The lowest BCUT2D eigenvalue weighted by molar-refractivity contribution is -0.00734. The number of pyridine rings is 2. The molecular formula is C30H37ClFN9O2. The predicted octanol–water partition coefficient (Wildman–Crippen LogP) is 4.63. The Labute approximate surface area is 255 Å². The number of piperidine rings is 1. The number of nitrogens with two attached hydrogens (primary N) is 1. The van der Waals surface area contributed by atoms with Gasteiger partial charge in [0.1, 0.15) is 28.0 Å². The molecule has 1 saturated heterocycles. The molecule has 4 N–H and O–H groups in total. The summed E-state index contributed by atoms with van der Waals surface area (Å²) in [7, 11) is 1.80. The van der Waals surface area contributed by atoms with Crippen molar-refractivity contribution in [2.45, 2.75) is 58.2 Å². The summed E-state index contributed by atoms with van der Waals surface area (Å²) in [6, 6.07) is 4.74. The number of nitrogens with one attached hydrogen (secondary N) is 1. The Morgan fingerprint density at radius 2 is 1.98 bits per heavy atom. The number of nitrogen functional groups attached to an aromatic ring is 1. The van der Waals surface area contributed by atoms with Crippen LogP contribution in [0, 0.1) is 12.7 Å². The summed E-state index contributed by atoms with van der Waals surface area (Å²) in [5, 5.41) is 18.4. The van der Waals surface area contributed by atoms with E-state index in [0.29, 0.717) is 66.8 Å². The number of nitrogens with zero attached hydrogens (tertiary/aromatic N) is 7. The second kappa shape index (κ2) is 12.8. The molecule has 5 heterocycles. The molecule has 1 aliphatic heterocycles. The lowest BCUT2D eigenvalue weighted by Gasteiger charge is -2.35. The monoisotopic (exact) mass is 609 g/mol. The van der Waals surface area contributed by atoms with Crippen molar-refractivity contribution in [2.75, 3.05) is 30.7 Å². The first-order valence-corrected chi connectivity index (χ1v) is 14.6. The molecule has 43 heavy (non-hydrogen) atoms. The maximum Gasteiger partial charge on any atom is 0.223 e. The molecule has 0 radical (unpaired) electrons. The fourth-order valence-corrected chi connectivity index (χ4v) is 5.33. The van der Waals surface area contributed by atoms with Gasteiger partial charge in [-0.05, 0) is 57.4 Å². The van der Waals surface area contributed by atoms with Gasteiger partial charge in [-0.25, -0.2) is 24.0 Å². The molecule has 0 unspecified atom stereocenters. The van der Waals surface area contributed by atoms with Crippen LogP contribution in [-0.4, -0.2) is 71.1 Å². The smallest absolute Gasteiger partial charge is 0.223 e. The number of aryl methyl sites for hydroxylation is 2. The molecule has 1 aliphatic rings. The summed E-state index contributed by atoms with van der Waals surface area (Å²) in [5.41, 5.74) is 8.75. The highest BCUT2D eigenvalue weighted by molar-refractivity contribution is 6.29. The number of aromatic nitrogens is 6. The summed E-state index contributed by atoms with van der Waals surface area (Å²) in [6.45, 7) is 8.17. The number of rotatable bonds is 10. The van der Waals surface area contributed by atoms with Gasteiger partial charge in [-0.2, -0.15) is 5.10 Å². The van der Waals surface area contributed by atoms with Crippen molar-refractivity contribution in [2.24, 2.45) is 7.05 Å². The predicted molar refractivity (Wildman–Crippen MR) is 164 cm³/mol. The van der Waals surface area contributed by atoms with Crippen LogP contribution in [0.25, 0.3) is 22.6 Å². The maximum absolute atomic E-state index is 15.4. The van der Waals surface area contributed by atoms with Crippen LogP contribution in [0.3, 0.4) is 0 Å². The first-order chi connectivity index (χ1) is 20.5. The zero-order valence-electron chi connectivity index (χ0n) is 24.8. The molecule has 1 atom stereocenters. The number of anilines is 2. The van der Waals surface area contributed by atoms with Crippen LogP contribution in [0.5, 0.6) is 5.88 Å². The van der Waals surface area contributed by atoms with Crippen molar-refractivity contribution < 1.29 is 14.2 Å². The van der Waals surface area contributed by atoms with E-state index in [1.807, 2.05) is 20.8 Å². The SMILES string of the molecule is Cc1nn(C)c(OCC[C@H](C)Nc2cc(Cl)ncc2-c2ncc(CN3CCC(C)(O)CC3)cc2F)c1-c1nccc(N)n1. The molecule has 0 aliphatic carbocycles. The summed E-state index contributed by atoms with van der Waals surface area (Å²) in [5.74, 6) is 0.922. The van der Waals surface area contributed by atoms with E-state index in [1.54, 1.807) is 36.3 Å². The van der Waals surface area contributed by atoms with Crippen LogP contribution in [0.1, 0.15) is 44.4 Å². The zero-order valence-corrected chi connectivity index (χ0v) is 25.6. The highest BCUT2D eigenvalue weighted by atomic mass is 35.5. The fourth-order valence-electron chi connectivity index (χ4n) is 5.17. The average molecular weight is 610 g/mol. The van der Waals surface area contributed by atoms with Crippen LogP contribution in [0.15, 0.2) is 36.8 Å². The summed E-state index contributed by atoms with van der Waals surface area (Å²) >= 11 is 6.23. The largest absolute Gasteiger partial charge is 0.477 e. The van der Waals surface area contributed by atoms with Crippen LogP contribution < -0.4 is 15.8 Å². The van der Waals surface area contributed by atoms with Crippen molar-refractivity contribution in [3.8, 4) is 28.5 Å². The first kappa shape index (κ1) is 30.6. The Morgan fingerprint density at radius 3 is 2.70 bits per heavy atom. The number of halogens is 2. The molecule has 0 aromatic carbocycles. The van der Waals surface area contributed by atoms with Crippen LogP contribution in [0.4, 0.5) is 15.9 Å². The topological polar surface area (TPSA) is 140 Å². The van der Waals surface area contributed by atoms with Gasteiger partial charge in [0.2, 0.25) is 5.88 Å². The molecule has 4 aromatic heterocycles. The highest BCUT2D eigenvalue weighted by Crippen LogP contribution is 2.33. The molecule has 0 bridgehead atoms. The minimum absolute atomic E-state index is 0.0720. The quantitative estimate of drug-likeness (QED) is 0.218. The van der Waals surface area contributed by atoms with Crippen molar-refractivity contribution in [1.29, 1.82) is 0 Å². The Kier molecular flexibility index (Phi) is 9.09. The third kappa shape index (κ3) is 7.38. The lowest BCUT2D eigenvalue weighted by atomic mass is 9.93. The fraction of sp³-hybridized carbons (Fsp3) is 0.433. The van der Waals surface area contributed by atoms with Gasteiger partial charge < -0.3 is 20.9 Å². The first-order valence-electron chi connectivity index (χ1n) is 14.3. The molecule has 13 heteroatoms. The second-order valence-electron chi connectivity index (χ2n) is 11.4.